The Balaban J connectivity index is 2.69. The molecule has 0 spiro atoms. The molecule has 0 fully saturated rings. The van der Waals surface area contributed by atoms with Crippen molar-refractivity contribution in [3.63, 3.8) is 0 Å². The van der Waals surface area contributed by atoms with Crippen LogP contribution in [0.25, 0.3) is 0 Å². The van der Waals surface area contributed by atoms with Crippen molar-refractivity contribution < 1.29 is 4.79 Å². The van der Waals surface area contributed by atoms with E-state index in [1.165, 1.54) is 0 Å². The zero-order valence-corrected chi connectivity index (χ0v) is 11.1. The van der Waals surface area contributed by atoms with Gasteiger partial charge >= 0.3 is 0 Å². The average Bonchev–Trinajstić information content (AvgIpc) is 2.28. The first-order chi connectivity index (χ1) is 7.56. The van der Waals surface area contributed by atoms with E-state index < -0.39 is 0 Å². The summed E-state index contributed by atoms with van der Waals surface area (Å²) in [6.07, 6.45) is 0. The smallest absolute Gasteiger partial charge is 0.224 e. The maximum atomic E-state index is 11.7. The number of nitrogens with two attached hydrogens (primary N) is 1. The normalized spacial score (nSPS) is 14.2. The molecular formula is C12H17BrN2O. The minimum atomic E-state index is -0.148. The highest BCUT2D eigenvalue weighted by molar-refractivity contribution is 9.10. The van der Waals surface area contributed by atoms with Gasteiger partial charge in [0.2, 0.25) is 5.91 Å². The molecule has 3 N–H and O–H groups in total. The molecule has 1 unspecified atom stereocenters. The zero-order chi connectivity index (χ0) is 12.1. The van der Waals surface area contributed by atoms with Gasteiger partial charge in [0.15, 0.2) is 0 Å². The van der Waals surface area contributed by atoms with Crippen LogP contribution in [0.15, 0.2) is 28.7 Å². The molecule has 0 aliphatic carbocycles. The summed E-state index contributed by atoms with van der Waals surface area (Å²) in [6, 6.07) is 7.84. The maximum absolute atomic E-state index is 11.7. The minimum absolute atomic E-state index is 0.00856. The number of hydrogen-bond acceptors (Lipinski definition) is 2. The third-order valence-corrected chi connectivity index (χ3v) is 3.25. The molecule has 3 nitrogen and oxygen atoms in total. The number of benzene rings is 1. The monoisotopic (exact) mass is 284 g/mol. The summed E-state index contributed by atoms with van der Waals surface area (Å²) in [4.78, 5) is 11.7. The highest BCUT2D eigenvalue weighted by Crippen LogP contribution is 2.22. The number of amides is 1. The predicted molar refractivity (Wildman–Crippen MR) is 68.9 cm³/mol. The van der Waals surface area contributed by atoms with Crippen LogP contribution < -0.4 is 11.1 Å². The first kappa shape index (κ1) is 13.2. The van der Waals surface area contributed by atoms with Crippen LogP contribution in [0, 0.1) is 5.92 Å². The van der Waals surface area contributed by atoms with E-state index in [1.54, 1.807) is 0 Å². The average molecular weight is 285 g/mol. The molecule has 0 radical (unpaired) electrons. The van der Waals surface area contributed by atoms with Gasteiger partial charge in [-0.05, 0) is 18.6 Å². The van der Waals surface area contributed by atoms with Gasteiger partial charge in [-0.3, -0.25) is 4.79 Å². The molecule has 0 bridgehead atoms. The van der Waals surface area contributed by atoms with Crippen LogP contribution in [0.3, 0.4) is 0 Å². The molecule has 88 valence electrons. The quantitative estimate of drug-likeness (QED) is 0.891. The van der Waals surface area contributed by atoms with E-state index in [0.29, 0.717) is 6.54 Å². The highest BCUT2D eigenvalue weighted by Gasteiger charge is 2.15. The summed E-state index contributed by atoms with van der Waals surface area (Å²) in [5.41, 5.74) is 6.52. The molecule has 4 heteroatoms. The topological polar surface area (TPSA) is 55.1 Å². The SMILES string of the molecule is CC(CN)C(=O)N[C@H](C)c1ccccc1Br. The van der Waals surface area contributed by atoms with Crippen molar-refractivity contribution in [2.24, 2.45) is 11.7 Å². The third-order valence-electron chi connectivity index (χ3n) is 2.53. The van der Waals surface area contributed by atoms with Crippen LogP contribution in [0.4, 0.5) is 0 Å². The van der Waals surface area contributed by atoms with E-state index in [9.17, 15) is 4.79 Å². The lowest BCUT2D eigenvalue weighted by Gasteiger charge is -2.18. The van der Waals surface area contributed by atoms with Crippen LogP contribution in [0.5, 0.6) is 0 Å². The molecule has 0 saturated heterocycles. The molecule has 1 rings (SSSR count). The molecule has 0 aliphatic heterocycles. The molecule has 0 heterocycles. The fourth-order valence-electron chi connectivity index (χ4n) is 1.37. The first-order valence-electron chi connectivity index (χ1n) is 5.31. The summed E-state index contributed by atoms with van der Waals surface area (Å²) >= 11 is 3.46. The van der Waals surface area contributed by atoms with Crippen molar-refractivity contribution in [1.82, 2.24) is 5.32 Å². The largest absolute Gasteiger partial charge is 0.349 e. The number of hydrogen-bond donors (Lipinski definition) is 2. The van der Waals surface area contributed by atoms with Gasteiger partial charge in [0.1, 0.15) is 0 Å². The summed E-state index contributed by atoms with van der Waals surface area (Å²) < 4.78 is 1.00. The van der Waals surface area contributed by atoms with Gasteiger partial charge in [0.05, 0.1) is 6.04 Å². The lowest BCUT2D eigenvalue weighted by molar-refractivity contribution is -0.124. The maximum Gasteiger partial charge on any atom is 0.224 e. The van der Waals surface area contributed by atoms with Gasteiger partial charge in [-0.15, -0.1) is 0 Å². The van der Waals surface area contributed by atoms with Crippen molar-refractivity contribution in [2.45, 2.75) is 19.9 Å². The van der Waals surface area contributed by atoms with Crippen molar-refractivity contribution in [3.05, 3.63) is 34.3 Å². The second-order valence-electron chi connectivity index (χ2n) is 3.89. The van der Waals surface area contributed by atoms with Crippen LogP contribution in [0.2, 0.25) is 0 Å². The van der Waals surface area contributed by atoms with E-state index in [-0.39, 0.29) is 17.9 Å². The van der Waals surface area contributed by atoms with Crippen molar-refractivity contribution >= 4 is 21.8 Å². The fourth-order valence-corrected chi connectivity index (χ4v) is 1.99. The molecule has 0 saturated carbocycles. The highest BCUT2D eigenvalue weighted by atomic mass is 79.9. The molecule has 1 amide bonds. The van der Waals surface area contributed by atoms with Crippen LogP contribution >= 0.6 is 15.9 Å². The summed E-state index contributed by atoms with van der Waals surface area (Å²) in [5.74, 6) is -0.157. The van der Waals surface area contributed by atoms with Gasteiger partial charge in [-0.25, -0.2) is 0 Å². The second-order valence-corrected chi connectivity index (χ2v) is 4.74. The summed E-state index contributed by atoms with van der Waals surface area (Å²) in [6.45, 7) is 4.15. The lowest BCUT2D eigenvalue weighted by atomic mass is 10.1. The molecule has 1 aromatic rings. The van der Waals surface area contributed by atoms with Crippen molar-refractivity contribution in [2.75, 3.05) is 6.54 Å². The first-order valence-corrected chi connectivity index (χ1v) is 6.10. The zero-order valence-electron chi connectivity index (χ0n) is 9.53. The Hall–Kier alpha value is -0.870. The number of nitrogens with one attached hydrogen (secondary N) is 1. The van der Waals surface area contributed by atoms with E-state index in [2.05, 4.69) is 21.2 Å². The molecule has 2 atom stereocenters. The molecule has 0 aliphatic rings. The van der Waals surface area contributed by atoms with Gasteiger partial charge in [-0.2, -0.15) is 0 Å². The standard InChI is InChI=1S/C12H17BrN2O/c1-8(7-14)12(16)15-9(2)10-5-3-4-6-11(10)13/h3-6,8-9H,7,14H2,1-2H3,(H,15,16)/t8?,9-/m1/s1. The molecule has 1 aromatic carbocycles. The fraction of sp³-hybridized carbons (Fsp3) is 0.417. The van der Waals surface area contributed by atoms with Crippen LogP contribution in [0.1, 0.15) is 25.5 Å². The Bertz CT molecular complexity index is 368. The Morgan fingerprint density at radius 3 is 2.62 bits per heavy atom. The summed E-state index contributed by atoms with van der Waals surface area (Å²) in [5, 5.41) is 2.94. The Morgan fingerprint density at radius 1 is 1.44 bits per heavy atom. The van der Waals surface area contributed by atoms with Crippen molar-refractivity contribution in [3.8, 4) is 0 Å². The minimum Gasteiger partial charge on any atom is -0.349 e. The van der Waals surface area contributed by atoms with E-state index >= 15 is 0 Å². The molecular weight excluding hydrogens is 268 g/mol. The van der Waals surface area contributed by atoms with E-state index in [1.807, 2.05) is 38.1 Å². The van der Waals surface area contributed by atoms with E-state index in [0.717, 1.165) is 10.0 Å². The number of carbonyl (C=O) groups excluding carboxylic acids is 1. The number of rotatable bonds is 4. The number of halogens is 1. The van der Waals surface area contributed by atoms with Crippen LogP contribution in [-0.4, -0.2) is 12.5 Å². The van der Waals surface area contributed by atoms with Gasteiger partial charge in [0.25, 0.3) is 0 Å². The van der Waals surface area contributed by atoms with Crippen LogP contribution in [-0.2, 0) is 4.79 Å². The van der Waals surface area contributed by atoms with E-state index in [4.69, 9.17) is 5.73 Å². The molecule has 0 aromatic heterocycles. The Labute approximate surface area is 105 Å². The lowest BCUT2D eigenvalue weighted by Crippen LogP contribution is -2.35. The van der Waals surface area contributed by atoms with Crippen molar-refractivity contribution in [1.29, 1.82) is 0 Å². The summed E-state index contributed by atoms with van der Waals surface area (Å²) in [7, 11) is 0. The Kier molecular flexibility index (Phi) is 4.96. The van der Waals surface area contributed by atoms with Gasteiger partial charge in [0, 0.05) is 16.9 Å². The van der Waals surface area contributed by atoms with Gasteiger partial charge in [-0.1, -0.05) is 41.1 Å². The third kappa shape index (κ3) is 3.32. The number of carbonyl (C=O) groups is 1. The Morgan fingerprint density at radius 2 is 2.06 bits per heavy atom. The van der Waals surface area contributed by atoms with Gasteiger partial charge < -0.3 is 11.1 Å². The molecule has 16 heavy (non-hydrogen) atoms. The second kappa shape index (κ2) is 6.01. The predicted octanol–water partition coefficient (Wildman–Crippen LogP) is 2.22.